The Bertz CT molecular complexity index is 339. The van der Waals surface area contributed by atoms with Crippen LogP contribution in [-0.4, -0.2) is 42.6 Å². The van der Waals surface area contributed by atoms with Gasteiger partial charge >= 0.3 is 11.9 Å². The van der Waals surface area contributed by atoms with Crippen LogP contribution in [0.5, 0.6) is 0 Å². The minimum atomic E-state index is -1.19. The molecule has 110 valence electrons. The van der Waals surface area contributed by atoms with Crippen LogP contribution in [0.3, 0.4) is 0 Å². The average Bonchev–Trinajstić information content (AvgIpc) is 2.41. The number of esters is 1. The first-order valence-corrected chi connectivity index (χ1v) is 6.11. The van der Waals surface area contributed by atoms with Gasteiger partial charge in [-0.25, -0.2) is 4.79 Å². The number of carboxylic acids is 1. The minimum Gasteiger partial charge on any atom is -0.480 e. The third-order valence-electron chi connectivity index (χ3n) is 3.25. The molecule has 0 radical (unpaired) electrons. The number of carboxylic acid groups (broad SMARTS) is 1. The molecule has 7 nitrogen and oxygen atoms in total. The average molecular weight is 274 g/mol. The van der Waals surface area contributed by atoms with Gasteiger partial charge in [-0.3, -0.25) is 9.59 Å². The van der Waals surface area contributed by atoms with Crippen LogP contribution < -0.4 is 11.1 Å². The molecule has 7 heteroatoms. The zero-order valence-electron chi connectivity index (χ0n) is 11.6. The van der Waals surface area contributed by atoms with Crippen LogP contribution in [0.4, 0.5) is 0 Å². The molecule has 19 heavy (non-hydrogen) atoms. The maximum atomic E-state index is 12.0. The number of nitrogens with two attached hydrogens (primary N) is 1. The van der Waals surface area contributed by atoms with Crippen molar-refractivity contribution >= 4 is 17.8 Å². The Kier molecular flexibility index (Phi) is 7.06. The molecule has 1 amide bonds. The maximum Gasteiger partial charge on any atom is 0.326 e. The fourth-order valence-corrected chi connectivity index (χ4v) is 1.35. The van der Waals surface area contributed by atoms with Gasteiger partial charge in [-0.2, -0.15) is 0 Å². The fourth-order valence-electron chi connectivity index (χ4n) is 1.35. The molecule has 0 aliphatic rings. The lowest BCUT2D eigenvalue weighted by atomic mass is 9.86. The molecule has 0 aromatic rings. The zero-order chi connectivity index (χ0) is 15.1. The monoisotopic (exact) mass is 274 g/mol. The second-order valence-corrected chi connectivity index (χ2v) is 4.60. The van der Waals surface area contributed by atoms with Crippen molar-refractivity contribution in [2.45, 2.75) is 39.2 Å². The predicted molar refractivity (Wildman–Crippen MR) is 68.3 cm³/mol. The molecule has 1 unspecified atom stereocenters. The molecule has 0 fully saturated rings. The van der Waals surface area contributed by atoms with Gasteiger partial charge in [0.15, 0.2) is 0 Å². The first-order valence-electron chi connectivity index (χ1n) is 6.11. The first-order chi connectivity index (χ1) is 8.80. The number of amides is 1. The summed E-state index contributed by atoms with van der Waals surface area (Å²) in [6, 6.07) is -1.12. The predicted octanol–water partition coefficient (Wildman–Crippen LogP) is -0.116. The molecular weight excluding hydrogens is 252 g/mol. The number of methoxy groups -OCH3 is 1. The van der Waals surface area contributed by atoms with Crippen molar-refractivity contribution in [3.05, 3.63) is 0 Å². The molecule has 0 rings (SSSR count). The highest BCUT2D eigenvalue weighted by Crippen LogP contribution is 2.19. The highest BCUT2D eigenvalue weighted by Gasteiger charge is 2.33. The van der Waals surface area contributed by atoms with Crippen LogP contribution in [-0.2, 0) is 19.1 Å². The van der Waals surface area contributed by atoms with E-state index in [9.17, 15) is 14.4 Å². The van der Waals surface area contributed by atoms with Crippen LogP contribution in [0.2, 0.25) is 0 Å². The SMILES string of the molecule is CCC(C)(CN)C(=O)N[C@H](CCC(=O)OC)C(=O)O. The Morgan fingerprint density at radius 3 is 2.37 bits per heavy atom. The quantitative estimate of drug-likeness (QED) is 0.531. The molecule has 0 bridgehead atoms. The van der Waals surface area contributed by atoms with Crippen LogP contribution in [0.1, 0.15) is 33.1 Å². The first kappa shape index (κ1) is 17.4. The van der Waals surface area contributed by atoms with Crippen LogP contribution in [0, 0.1) is 5.41 Å². The molecule has 0 aromatic heterocycles. The van der Waals surface area contributed by atoms with Gasteiger partial charge in [0.05, 0.1) is 12.5 Å². The van der Waals surface area contributed by atoms with Gasteiger partial charge in [0, 0.05) is 13.0 Å². The van der Waals surface area contributed by atoms with Crippen LogP contribution in [0.25, 0.3) is 0 Å². The van der Waals surface area contributed by atoms with Crippen molar-refractivity contribution in [1.82, 2.24) is 5.32 Å². The third kappa shape index (κ3) is 5.25. The Hall–Kier alpha value is -1.63. The molecular formula is C12H22N2O5. The smallest absolute Gasteiger partial charge is 0.326 e. The van der Waals surface area contributed by atoms with Crippen molar-refractivity contribution < 1.29 is 24.2 Å². The van der Waals surface area contributed by atoms with Crippen LogP contribution >= 0.6 is 0 Å². The fraction of sp³-hybridized carbons (Fsp3) is 0.750. The highest BCUT2D eigenvalue weighted by molar-refractivity contribution is 5.87. The van der Waals surface area contributed by atoms with E-state index in [0.29, 0.717) is 6.42 Å². The number of hydrogen-bond acceptors (Lipinski definition) is 5. The van der Waals surface area contributed by atoms with E-state index < -0.39 is 29.3 Å². The van der Waals surface area contributed by atoms with E-state index in [1.54, 1.807) is 13.8 Å². The summed E-state index contributed by atoms with van der Waals surface area (Å²) in [5, 5.41) is 11.4. The molecule has 0 aliphatic carbocycles. The van der Waals surface area contributed by atoms with E-state index in [1.807, 2.05) is 0 Å². The number of carbonyl (C=O) groups excluding carboxylic acids is 2. The number of nitrogens with one attached hydrogen (secondary N) is 1. The van der Waals surface area contributed by atoms with Crippen LogP contribution in [0.15, 0.2) is 0 Å². The standard InChI is InChI=1S/C12H22N2O5/c1-4-12(2,7-13)11(18)14-8(10(16)17)5-6-9(15)19-3/h8H,4-7,13H2,1-3H3,(H,14,18)(H,16,17)/t8-,12?/m1/s1. The number of rotatable bonds is 8. The van der Waals surface area contributed by atoms with E-state index in [0.717, 1.165) is 0 Å². The summed E-state index contributed by atoms with van der Waals surface area (Å²) in [6.07, 6.45) is 0.413. The van der Waals surface area contributed by atoms with Gasteiger partial charge in [-0.05, 0) is 19.8 Å². The van der Waals surface area contributed by atoms with Crippen molar-refractivity contribution in [3.8, 4) is 0 Å². The molecule has 2 atom stereocenters. The van der Waals surface area contributed by atoms with Gasteiger partial charge in [0.1, 0.15) is 6.04 Å². The molecule has 0 saturated carbocycles. The normalized spacial score (nSPS) is 15.2. The van der Waals surface area contributed by atoms with Crippen molar-refractivity contribution in [1.29, 1.82) is 0 Å². The summed E-state index contributed by atoms with van der Waals surface area (Å²) < 4.78 is 4.43. The maximum absolute atomic E-state index is 12.0. The number of hydrogen-bond donors (Lipinski definition) is 3. The molecule has 0 aromatic carbocycles. The lowest BCUT2D eigenvalue weighted by Gasteiger charge is -2.27. The second-order valence-electron chi connectivity index (χ2n) is 4.60. The van der Waals surface area contributed by atoms with Gasteiger partial charge in [0.25, 0.3) is 0 Å². The summed E-state index contributed by atoms with van der Waals surface area (Å²) >= 11 is 0. The Morgan fingerprint density at radius 2 is 2.00 bits per heavy atom. The van der Waals surface area contributed by atoms with Crippen molar-refractivity contribution in [3.63, 3.8) is 0 Å². The summed E-state index contributed by atoms with van der Waals surface area (Å²) in [5.41, 5.74) is 4.73. The largest absolute Gasteiger partial charge is 0.480 e. The van der Waals surface area contributed by atoms with Gasteiger partial charge < -0.3 is 20.9 Å². The van der Waals surface area contributed by atoms with Crippen molar-refractivity contribution in [2.24, 2.45) is 11.1 Å². The van der Waals surface area contributed by atoms with Gasteiger partial charge in [0.2, 0.25) is 5.91 Å². The minimum absolute atomic E-state index is 0.0158. The Balaban J connectivity index is 4.63. The molecule has 0 heterocycles. The molecule has 0 saturated heterocycles. The van der Waals surface area contributed by atoms with Gasteiger partial charge in [-0.1, -0.05) is 6.92 Å². The van der Waals surface area contributed by atoms with Gasteiger partial charge in [-0.15, -0.1) is 0 Å². The number of aliphatic carboxylic acids is 1. The molecule has 0 aliphatic heterocycles. The Labute approximate surface area is 112 Å². The van der Waals surface area contributed by atoms with E-state index in [-0.39, 0.29) is 19.4 Å². The summed E-state index contributed by atoms with van der Waals surface area (Å²) in [7, 11) is 1.22. The topological polar surface area (TPSA) is 119 Å². The summed E-state index contributed by atoms with van der Waals surface area (Å²) in [4.78, 5) is 34.0. The zero-order valence-corrected chi connectivity index (χ0v) is 11.6. The lowest BCUT2D eigenvalue weighted by Crippen LogP contribution is -2.50. The number of ether oxygens (including phenoxy) is 1. The third-order valence-corrected chi connectivity index (χ3v) is 3.25. The van der Waals surface area contributed by atoms with E-state index in [1.165, 1.54) is 7.11 Å². The molecule has 4 N–H and O–H groups in total. The molecule has 0 spiro atoms. The van der Waals surface area contributed by atoms with E-state index in [4.69, 9.17) is 10.8 Å². The summed E-state index contributed by atoms with van der Waals surface area (Å²) in [6.45, 7) is 3.59. The summed E-state index contributed by atoms with van der Waals surface area (Å²) in [5.74, 6) is -2.12. The highest BCUT2D eigenvalue weighted by atomic mass is 16.5. The second kappa shape index (κ2) is 7.73. The number of carbonyl (C=O) groups is 3. The Morgan fingerprint density at radius 1 is 1.42 bits per heavy atom. The lowest BCUT2D eigenvalue weighted by molar-refractivity contribution is -0.145. The van der Waals surface area contributed by atoms with Crippen molar-refractivity contribution in [2.75, 3.05) is 13.7 Å². The van der Waals surface area contributed by atoms with E-state index >= 15 is 0 Å². The van der Waals surface area contributed by atoms with E-state index in [2.05, 4.69) is 10.1 Å².